The van der Waals surface area contributed by atoms with Crippen LogP contribution in [0.1, 0.15) is 20.7 Å². The van der Waals surface area contributed by atoms with E-state index in [1.165, 1.54) is 12.1 Å². The highest BCUT2D eigenvalue weighted by molar-refractivity contribution is 7.79. The molecule has 1 aromatic rings. The van der Waals surface area contributed by atoms with Gasteiger partial charge in [0.1, 0.15) is 0 Å². The molecule has 0 N–H and O–H groups in total. The van der Waals surface area contributed by atoms with Crippen molar-refractivity contribution in [3.63, 3.8) is 0 Å². The minimum absolute atomic E-state index is 0.257. The maximum atomic E-state index is 11.6. The van der Waals surface area contributed by atoms with Gasteiger partial charge in [0.25, 0.3) is 11.8 Å². The summed E-state index contributed by atoms with van der Waals surface area (Å²) in [5, 5.41) is 0. The summed E-state index contributed by atoms with van der Waals surface area (Å²) in [6.45, 7) is 0. The fourth-order valence-electron chi connectivity index (χ4n) is 1.46. The summed E-state index contributed by atoms with van der Waals surface area (Å²) in [5.41, 5.74) is 0.515. The van der Waals surface area contributed by atoms with Gasteiger partial charge in [-0.25, -0.2) is 0 Å². The van der Waals surface area contributed by atoms with Crippen molar-refractivity contribution in [1.29, 1.82) is 0 Å². The Morgan fingerprint density at radius 1 is 1.13 bits per heavy atom. The largest absolute Gasteiger partial charge is 0.771 e. The third-order valence-corrected chi connectivity index (χ3v) is 2.58. The third kappa shape index (κ3) is 1.57. The quantitative estimate of drug-likeness (QED) is 0.528. The fraction of sp³-hybridized carbons (Fsp3) is 0.111. The molecule has 0 bridgehead atoms. The molecule has 1 aromatic carbocycles. The van der Waals surface area contributed by atoms with E-state index in [4.69, 9.17) is 0 Å². The predicted octanol–water partition coefficient (Wildman–Crippen LogP) is 0.119. The van der Waals surface area contributed by atoms with E-state index in [0.717, 1.165) is 0 Å². The van der Waals surface area contributed by atoms with Crippen molar-refractivity contribution >= 4 is 22.9 Å². The number of carbonyl (C=O) groups excluding carboxylic acids is 2. The van der Waals surface area contributed by atoms with Gasteiger partial charge in [-0.3, -0.25) is 18.7 Å². The number of hydrogen-bond donors (Lipinski definition) is 0. The van der Waals surface area contributed by atoms with E-state index in [9.17, 15) is 18.4 Å². The second-order valence-electron chi connectivity index (χ2n) is 3.02. The van der Waals surface area contributed by atoms with Crippen molar-refractivity contribution in [2.24, 2.45) is 0 Å². The van der Waals surface area contributed by atoms with E-state index >= 15 is 0 Å². The Kier molecular flexibility index (Phi) is 2.37. The maximum Gasteiger partial charge on any atom is 0.262 e. The van der Waals surface area contributed by atoms with E-state index < -0.39 is 28.8 Å². The van der Waals surface area contributed by atoms with Crippen molar-refractivity contribution in [3.05, 3.63) is 35.4 Å². The van der Waals surface area contributed by atoms with Crippen LogP contribution in [0.15, 0.2) is 24.3 Å². The molecule has 1 aliphatic heterocycles. The van der Waals surface area contributed by atoms with Crippen molar-refractivity contribution in [2.45, 2.75) is 0 Å². The lowest BCUT2D eigenvalue weighted by Gasteiger charge is -2.14. The highest BCUT2D eigenvalue weighted by Crippen LogP contribution is 2.21. The molecule has 1 atom stereocenters. The molecule has 0 saturated heterocycles. The Labute approximate surface area is 88.0 Å². The van der Waals surface area contributed by atoms with Crippen LogP contribution >= 0.6 is 0 Å². The molecule has 6 heteroatoms. The van der Waals surface area contributed by atoms with Gasteiger partial charge >= 0.3 is 0 Å². The molecule has 0 aliphatic carbocycles. The Morgan fingerprint density at radius 3 is 2.00 bits per heavy atom. The zero-order chi connectivity index (χ0) is 11.0. The SMILES string of the molecule is O=C1c2ccccc2C(=O)N1CS(=O)[O-]. The smallest absolute Gasteiger partial charge is 0.262 e. The molecule has 15 heavy (non-hydrogen) atoms. The molecule has 5 nitrogen and oxygen atoms in total. The highest BCUT2D eigenvalue weighted by atomic mass is 32.2. The predicted molar refractivity (Wildman–Crippen MR) is 50.7 cm³/mol. The molecule has 0 aromatic heterocycles. The van der Waals surface area contributed by atoms with Gasteiger partial charge in [-0.2, -0.15) is 0 Å². The van der Waals surface area contributed by atoms with Crippen LogP contribution in [0.3, 0.4) is 0 Å². The van der Waals surface area contributed by atoms with Crippen molar-refractivity contribution in [2.75, 3.05) is 5.88 Å². The van der Waals surface area contributed by atoms with Gasteiger partial charge in [0.05, 0.1) is 17.0 Å². The number of amides is 2. The number of nitrogens with zero attached hydrogens (tertiary/aromatic N) is 1. The number of hydrogen-bond acceptors (Lipinski definition) is 4. The molecule has 0 fully saturated rings. The third-order valence-electron chi connectivity index (χ3n) is 2.11. The van der Waals surface area contributed by atoms with Gasteiger partial charge < -0.3 is 4.55 Å². The molecular weight excluding hydrogens is 218 g/mol. The van der Waals surface area contributed by atoms with Crippen LogP contribution in [0.4, 0.5) is 0 Å². The van der Waals surface area contributed by atoms with Crippen molar-refractivity contribution in [1.82, 2.24) is 4.90 Å². The first kappa shape index (κ1) is 10.0. The molecular formula is C9H6NO4S-. The Balaban J connectivity index is 2.41. The summed E-state index contributed by atoms with van der Waals surface area (Å²) in [6.07, 6.45) is 0. The number of carbonyl (C=O) groups is 2. The van der Waals surface area contributed by atoms with Crippen LogP contribution in [0.5, 0.6) is 0 Å². The molecule has 1 aliphatic rings. The zero-order valence-corrected chi connectivity index (χ0v) is 8.32. The highest BCUT2D eigenvalue weighted by Gasteiger charge is 2.34. The number of fused-ring (bicyclic) bond motifs is 1. The lowest BCUT2D eigenvalue weighted by molar-refractivity contribution is 0.0679. The van der Waals surface area contributed by atoms with Crippen LogP contribution in [0.2, 0.25) is 0 Å². The first-order chi connectivity index (χ1) is 7.11. The molecule has 1 heterocycles. The maximum absolute atomic E-state index is 11.6. The van der Waals surface area contributed by atoms with Crippen LogP contribution < -0.4 is 0 Å². The lowest BCUT2D eigenvalue weighted by atomic mass is 10.1. The standard InChI is InChI=1S/C9H7NO4S/c11-8-6-3-1-2-4-7(6)9(12)10(8)5-15(13)14/h1-4H,5H2,(H,13,14)/p-1. The second kappa shape index (κ2) is 3.56. The molecule has 78 valence electrons. The minimum Gasteiger partial charge on any atom is -0.771 e. The average molecular weight is 224 g/mol. The average Bonchev–Trinajstić information content (AvgIpc) is 2.44. The van der Waals surface area contributed by atoms with Crippen LogP contribution in [0.25, 0.3) is 0 Å². The molecule has 0 saturated carbocycles. The molecule has 0 spiro atoms. The first-order valence-electron chi connectivity index (χ1n) is 4.12. The molecule has 2 amide bonds. The summed E-state index contributed by atoms with van der Waals surface area (Å²) >= 11 is -2.45. The van der Waals surface area contributed by atoms with E-state index in [1.807, 2.05) is 0 Å². The summed E-state index contributed by atoms with van der Waals surface area (Å²) in [7, 11) is 0. The van der Waals surface area contributed by atoms with Crippen LogP contribution in [-0.2, 0) is 11.1 Å². The van der Waals surface area contributed by atoms with Crippen LogP contribution in [0, 0.1) is 0 Å². The van der Waals surface area contributed by atoms with Crippen molar-refractivity contribution in [3.8, 4) is 0 Å². The summed E-state index contributed by atoms with van der Waals surface area (Å²) in [6, 6.07) is 6.26. The van der Waals surface area contributed by atoms with Gasteiger partial charge in [0, 0.05) is 0 Å². The van der Waals surface area contributed by atoms with E-state index in [0.29, 0.717) is 4.90 Å². The Hall–Kier alpha value is -1.53. The van der Waals surface area contributed by atoms with E-state index in [1.54, 1.807) is 12.1 Å². The topological polar surface area (TPSA) is 77.5 Å². The second-order valence-corrected chi connectivity index (χ2v) is 3.88. The fourth-order valence-corrected chi connectivity index (χ4v) is 1.91. The lowest BCUT2D eigenvalue weighted by Crippen LogP contribution is -2.32. The summed E-state index contributed by atoms with van der Waals surface area (Å²) in [4.78, 5) is 23.9. The van der Waals surface area contributed by atoms with E-state index in [2.05, 4.69) is 0 Å². The van der Waals surface area contributed by atoms with Gasteiger partial charge in [0.2, 0.25) is 0 Å². The van der Waals surface area contributed by atoms with E-state index in [-0.39, 0.29) is 11.1 Å². The number of imide groups is 1. The minimum atomic E-state index is -2.45. The monoisotopic (exact) mass is 224 g/mol. The van der Waals surface area contributed by atoms with Gasteiger partial charge in [0.15, 0.2) is 0 Å². The summed E-state index contributed by atoms with van der Waals surface area (Å²) in [5.74, 6) is -1.70. The molecule has 2 rings (SSSR count). The molecule has 0 radical (unpaired) electrons. The zero-order valence-electron chi connectivity index (χ0n) is 7.50. The first-order valence-corrected chi connectivity index (χ1v) is 5.37. The van der Waals surface area contributed by atoms with Gasteiger partial charge in [-0.15, -0.1) is 0 Å². The number of rotatable bonds is 2. The van der Waals surface area contributed by atoms with Crippen molar-refractivity contribution < 1.29 is 18.4 Å². The van der Waals surface area contributed by atoms with Gasteiger partial charge in [-0.05, 0) is 23.2 Å². The normalized spacial score (nSPS) is 16.7. The number of benzene rings is 1. The summed E-state index contributed by atoms with van der Waals surface area (Å²) < 4.78 is 20.9. The van der Waals surface area contributed by atoms with Gasteiger partial charge in [-0.1, -0.05) is 12.1 Å². The Morgan fingerprint density at radius 2 is 1.60 bits per heavy atom. The Bertz CT molecular complexity index is 436. The molecule has 1 unspecified atom stereocenters. The van der Waals surface area contributed by atoms with Crippen LogP contribution in [-0.4, -0.2) is 31.4 Å².